The first kappa shape index (κ1) is 11.4. The average Bonchev–Trinajstić information content (AvgIpc) is 2.38. The molecule has 0 atom stereocenters. The van der Waals surface area contributed by atoms with Crippen LogP contribution in [-0.4, -0.2) is 26.3 Å². The fourth-order valence-electron chi connectivity index (χ4n) is 1.67. The molecule has 1 aliphatic heterocycles. The quantitative estimate of drug-likeness (QED) is 0.801. The number of carbonyl (C=O) groups excluding carboxylic acids is 1. The van der Waals surface area contributed by atoms with E-state index < -0.39 is 0 Å². The van der Waals surface area contributed by atoms with Gasteiger partial charge in [0.15, 0.2) is 11.5 Å². The number of ether oxygens (including phenoxy) is 2. The van der Waals surface area contributed by atoms with Crippen LogP contribution < -0.4 is 14.5 Å². The third kappa shape index (κ3) is 2.22. The van der Waals surface area contributed by atoms with Gasteiger partial charge in [-0.25, -0.2) is 5.01 Å². The lowest BCUT2D eigenvalue weighted by Gasteiger charge is -2.20. The number of hydrogen-bond donors (Lipinski definition) is 0. The van der Waals surface area contributed by atoms with Crippen LogP contribution in [0.2, 0.25) is 0 Å². The third-order valence-electron chi connectivity index (χ3n) is 2.53. The van der Waals surface area contributed by atoms with Crippen molar-refractivity contribution in [2.75, 3.05) is 19.2 Å². The number of nitrogens with zero attached hydrogens (tertiary/aromatic N) is 2. The number of amides is 1. The van der Waals surface area contributed by atoms with E-state index in [1.165, 1.54) is 5.01 Å². The first-order valence-electron chi connectivity index (χ1n) is 5.33. The van der Waals surface area contributed by atoms with E-state index in [9.17, 15) is 4.79 Å². The molecule has 90 valence electrons. The molecule has 0 saturated carbocycles. The largest absolute Gasteiger partial charge is 0.493 e. The summed E-state index contributed by atoms with van der Waals surface area (Å²) in [6.07, 6.45) is 2.92. The molecule has 0 aromatic heterocycles. The summed E-state index contributed by atoms with van der Waals surface area (Å²) in [4.78, 5) is 11.7. The van der Waals surface area contributed by atoms with Gasteiger partial charge < -0.3 is 9.47 Å². The van der Waals surface area contributed by atoms with E-state index in [2.05, 4.69) is 5.10 Å². The van der Waals surface area contributed by atoms with Crippen LogP contribution in [0.3, 0.4) is 0 Å². The van der Waals surface area contributed by atoms with Crippen molar-refractivity contribution in [1.29, 1.82) is 0 Å². The zero-order valence-electron chi connectivity index (χ0n) is 9.84. The van der Waals surface area contributed by atoms with Crippen LogP contribution in [0.1, 0.15) is 12.8 Å². The molecule has 0 spiro atoms. The zero-order valence-corrected chi connectivity index (χ0v) is 9.84. The summed E-state index contributed by atoms with van der Waals surface area (Å²) in [5, 5.41) is 5.45. The summed E-state index contributed by atoms with van der Waals surface area (Å²) < 4.78 is 10.3. The van der Waals surface area contributed by atoms with Crippen molar-refractivity contribution in [2.24, 2.45) is 5.10 Å². The molecule has 0 N–H and O–H groups in total. The minimum absolute atomic E-state index is 0.0141. The predicted octanol–water partition coefficient (Wildman–Crippen LogP) is 1.82. The highest BCUT2D eigenvalue weighted by Crippen LogP contribution is 2.32. The molecule has 0 saturated heterocycles. The topological polar surface area (TPSA) is 51.1 Å². The van der Waals surface area contributed by atoms with Crippen LogP contribution in [0, 0.1) is 0 Å². The molecule has 1 heterocycles. The van der Waals surface area contributed by atoms with E-state index in [4.69, 9.17) is 9.47 Å². The Balaban J connectivity index is 2.35. The van der Waals surface area contributed by atoms with Crippen molar-refractivity contribution in [3.63, 3.8) is 0 Å². The van der Waals surface area contributed by atoms with Crippen LogP contribution >= 0.6 is 0 Å². The number of benzene rings is 1. The Hall–Kier alpha value is -2.04. The second-order valence-electron chi connectivity index (χ2n) is 3.58. The molecule has 0 bridgehead atoms. The van der Waals surface area contributed by atoms with Crippen molar-refractivity contribution in [2.45, 2.75) is 12.8 Å². The first-order valence-corrected chi connectivity index (χ1v) is 5.33. The van der Waals surface area contributed by atoms with Gasteiger partial charge in [0.1, 0.15) is 0 Å². The van der Waals surface area contributed by atoms with Crippen molar-refractivity contribution in [3.05, 3.63) is 18.2 Å². The number of hydrogen-bond acceptors (Lipinski definition) is 4. The normalized spacial score (nSPS) is 14.9. The molecule has 0 unspecified atom stereocenters. The molecule has 5 heteroatoms. The molecule has 1 aromatic carbocycles. The van der Waals surface area contributed by atoms with E-state index in [1.807, 2.05) is 0 Å². The zero-order chi connectivity index (χ0) is 12.3. The van der Waals surface area contributed by atoms with Gasteiger partial charge in [-0.2, -0.15) is 5.10 Å². The van der Waals surface area contributed by atoms with Crippen LogP contribution in [-0.2, 0) is 4.79 Å². The number of methoxy groups -OCH3 is 2. The highest BCUT2D eigenvalue weighted by atomic mass is 16.5. The Morgan fingerprint density at radius 3 is 2.65 bits per heavy atom. The molecular formula is C12H14N2O3. The molecule has 0 fully saturated rings. The lowest BCUT2D eigenvalue weighted by Crippen LogP contribution is -2.28. The Labute approximate surface area is 99.6 Å². The van der Waals surface area contributed by atoms with Crippen LogP contribution in [0.4, 0.5) is 5.69 Å². The van der Waals surface area contributed by atoms with E-state index in [1.54, 1.807) is 38.6 Å². The monoisotopic (exact) mass is 234 g/mol. The molecule has 1 aromatic rings. The number of carbonyl (C=O) groups is 1. The maximum Gasteiger partial charge on any atom is 0.247 e. The maximum absolute atomic E-state index is 11.7. The van der Waals surface area contributed by atoms with Gasteiger partial charge in [0.25, 0.3) is 0 Å². The van der Waals surface area contributed by atoms with Crippen LogP contribution in [0.5, 0.6) is 11.5 Å². The van der Waals surface area contributed by atoms with E-state index >= 15 is 0 Å². The maximum atomic E-state index is 11.7. The molecular weight excluding hydrogens is 220 g/mol. The Morgan fingerprint density at radius 2 is 2.00 bits per heavy atom. The van der Waals surface area contributed by atoms with E-state index in [0.717, 1.165) is 0 Å². The molecule has 2 rings (SSSR count). The van der Waals surface area contributed by atoms with E-state index in [0.29, 0.717) is 30.0 Å². The summed E-state index contributed by atoms with van der Waals surface area (Å²) in [5.41, 5.74) is 0.684. The predicted molar refractivity (Wildman–Crippen MR) is 64.8 cm³/mol. The van der Waals surface area contributed by atoms with Gasteiger partial charge in [-0.15, -0.1) is 0 Å². The van der Waals surface area contributed by atoms with E-state index in [-0.39, 0.29) is 5.91 Å². The van der Waals surface area contributed by atoms with Crippen molar-refractivity contribution < 1.29 is 14.3 Å². The van der Waals surface area contributed by atoms with Crippen LogP contribution in [0.15, 0.2) is 23.3 Å². The van der Waals surface area contributed by atoms with Crippen molar-refractivity contribution in [1.82, 2.24) is 0 Å². The highest BCUT2D eigenvalue weighted by molar-refractivity contribution is 5.97. The van der Waals surface area contributed by atoms with Gasteiger partial charge in [0.05, 0.1) is 19.9 Å². The second kappa shape index (κ2) is 4.86. The molecule has 1 aliphatic rings. The minimum Gasteiger partial charge on any atom is -0.493 e. The molecule has 17 heavy (non-hydrogen) atoms. The summed E-state index contributed by atoms with van der Waals surface area (Å²) in [7, 11) is 3.13. The number of hydrazone groups is 1. The van der Waals surface area contributed by atoms with Crippen molar-refractivity contribution in [3.8, 4) is 11.5 Å². The van der Waals surface area contributed by atoms with Crippen LogP contribution in [0.25, 0.3) is 0 Å². The third-order valence-corrected chi connectivity index (χ3v) is 2.53. The number of rotatable bonds is 3. The summed E-state index contributed by atoms with van der Waals surface area (Å²) in [6, 6.07) is 5.27. The van der Waals surface area contributed by atoms with Crippen molar-refractivity contribution >= 4 is 17.8 Å². The Kier molecular flexibility index (Phi) is 3.27. The smallest absolute Gasteiger partial charge is 0.247 e. The Bertz CT molecular complexity index is 457. The SMILES string of the molecule is COc1ccc(N2N=CCCC2=O)cc1OC. The fraction of sp³-hybridized carbons (Fsp3) is 0.333. The molecule has 0 aliphatic carbocycles. The lowest BCUT2D eigenvalue weighted by molar-refractivity contribution is -0.118. The Morgan fingerprint density at radius 1 is 1.24 bits per heavy atom. The summed E-state index contributed by atoms with van der Waals surface area (Å²) in [5.74, 6) is 1.20. The van der Waals surface area contributed by atoms with Gasteiger partial charge >= 0.3 is 0 Å². The lowest BCUT2D eigenvalue weighted by atomic mass is 10.2. The average molecular weight is 234 g/mol. The molecule has 5 nitrogen and oxygen atoms in total. The standard InChI is InChI=1S/C12H14N2O3/c1-16-10-6-5-9(8-11(10)17-2)14-12(15)4-3-7-13-14/h5-8H,3-4H2,1-2H3. The van der Waals surface area contributed by atoms with Gasteiger partial charge in [0.2, 0.25) is 5.91 Å². The van der Waals surface area contributed by atoms with Gasteiger partial charge in [-0.3, -0.25) is 4.79 Å². The summed E-state index contributed by atoms with van der Waals surface area (Å²) >= 11 is 0. The van der Waals surface area contributed by atoms with Gasteiger partial charge in [-0.1, -0.05) is 0 Å². The second-order valence-corrected chi connectivity index (χ2v) is 3.58. The van der Waals surface area contributed by atoms with Gasteiger partial charge in [-0.05, 0) is 18.6 Å². The molecule has 1 amide bonds. The van der Waals surface area contributed by atoms with Gasteiger partial charge in [0, 0.05) is 18.7 Å². The minimum atomic E-state index is -0.0141. The first-order chi connectivity index (χ1) is 8.26. The number of anilines is 1. The molecule has 0 radical (unpaired) electrons. The summed E-state index contributed by atoms with van der Waals surface area (Å²) in [6.45, 7) is 0. The fourth-order valence-corrected chi connectivity index (χ4v) is 1.67. The highest BCUT2D eigenvalue weighted by Gasteiger charge is 2.18.